The first-order chi connectivity index (χ1) is 13.0. The second-order valence-electron chi connectivity index (χ2n) is 6.14. The van der Waals surface area contributed by atoms with Gasteiger partial charge in [-0.05, 0) is 44.0 Å². The standard InChI is InChI=1S/C15H16Br2N5O4S2/c1-20-12(27)7-11-18-14(21(15(23)26-3)8-22(11,20)2)28(24,25)19-13-9(16)5-4-6-10(13)17/h4-7,19H,8H2,1-3H3/q+1. The third kappa shape index (κ3) is 3.45. The van der Waals surface area contributed by atoms with Crippen LogP contribution in [-0.2, 0) is 14.8 Å². The average molecular weight is 554 g/mol. The van der Waals surface area contributed by atoms with E-state index in [9.17, 15) is 13.2 Å². The van der Waals surface area contributed by atoms with Gasteiger partial charge in [0.1, 0.15) is 0 Å². The first-order valence-corrected chi connectivity index (χ1v) is 11.3. The third-order valence-corrected chi connectivity index (χ3v) is 7.39. The lowest BCUT2D eigenvalue weighted by molar-refractivity contribution is -0.973. The molecule has 0 aromatic heterocycles. The van der Waals surface area contributed by atoms with Crippen molar-refractivity contribution in [1.29, 1.82) is 0 Å². The molecule has 1 amide bonds. The summed E-state index contributed by atoms with van der Waals surface area (Å²) in [4.78, 5) is 18.1. The number of methoxy groups -OCH3 is 1. The molecule has 2 aliphatic rings. The van der Waals surface area contributed by atoms with Gasteiger partial charge in [-0.3, -0.25) is 4.72 Å². The Labute approximate surface area is 184 Å². The Hall–Kier alpha value is -1.54. The lowest BCUT2D eigenvalue weighted by Crippen LogP contribution is -2.63. The number of benzene rings is 1. The van der Waals surface area contributed by atoms with E-state index in [4.69, 9.17) is 17.0 Å². The number of carbonyl (C=O) groups excluding carboxylic acids is 1. The average Bonchev–Trinajstić information content (AvgIpc) is 2.86. The number of thiocarbonyl (C=S) groups is 1. The number of amidine groups is 1. The van der Waals surface area contributed by atoms with Crippen molar-refractivity contribution >= 4 is 76.0 Å². The van der Waals surface area contributed by atoms with Crippen LogP contribution in [0.3, 0.4) is 0 Å². The summed E-state index contributed by atoms with van der Waals surface area (Å²) in [5, 5.41) is 1.24. The van der Waals surface area contributed by atoms with Gasteiger partial charge in [0.2, 0.25) is 0 Å². The smallest absolute Gasteiger partial charge is 0.420 e. The van der Waals surface area contributed by atoms with Crippen molar-refractivity contribution < 1.29 is 22.5 Å². The predicted molar refractivity (Wildman–Crippen MR) is 116 cm³/mol. The highest BCUT2D eigenvalue weighted by Gasteiger charge is 2.51. The van der Waals surface area contributed by atoms with Crippen molar-refractivity contribution in [2.24, 2.45) is 4.99 Å². The number of nitrogens with zero attached hydrogens (tertiary/aromatic N) is 4. The van der Waals surface area contributed by atoms with Crippen molar-refractivity contribution in [3.8, 4) is 0 Å². The minimum Gasteiger partial charge on any atom is -0.452 e. The summed E-state index contributed by atoms with van der Waals surface area (Å²) in [6, 6.07) is 5.11. The zero-order chi connectivity index (χ0) is 20.9. The molecule has 0 fully saturated rings. The van der Waals surface area contributed by atoms with Gasteiger partial charge < -0.3 is 4.74 Å². The molecule has 1 aromatic rings. The zero-order valence-electron chi connectivity index (χ0n) is 15.0. The van der Waals surface area contributed by atoms with Crippen LogP contribution in [0.4, 0.5) is 10.5 Å². The van der Waals surface area contributed by atoms with Crippen LogP contribution in [0.5, 0.6) is 0 Å². The molecule has 0 spiro atoms. The van der Waals surface area contributed by atoms with Gasteiger partial charge in [0.15, 0.2) is 11.7 Å². The summed E-state index contributed by atoms with van der Waals surface area (Å²) >= 11 is 11.9. The van der Waals surface area contributed by atoms with Crippen molar-refractivity contribution in [2.75, 3.05) is 32.6 Å². The topological polar surface area (TPSA) is 91.3 Å². The monoisotopic (exact) mass is 552 g/mol. The second kappa shape index (κ2) is 7.37. The number of likely N-dealkylation sites (N-methyl/N-ethyl adjacent to an activating group) is 1. The Bertz CT molecular complexity index is 1020. The maximum Gasteiger partial charge on any atom is 0.420 e. The summed E-state index contributed by atoms with van der Waals surface area (Å²) in [7, 11) is 0.454. The molecule has 0 bridgehead atoms. The molecule has 150 valence electrons. The first kappa shape index (κ1) is 21.2. The van der Waals surface area contributed by atoms with Crippen LogP contribution in [0.15, 0.2) is 44.0 Å². The molecule has 1 aromatic carbocycles. The van der Waals surface area contributed by atoms with Crippen molar-refractivity contribution in [3.05, 3.63) is 39.0 Å². The maximum atomic E-state index is 13.1. The van der Waals surface area contributed by atoms with Crippen LogP contribution in [0.1, 0.15) is 0 Å². The molecule has 9 nitrogen and oxygen atoms in total. The largest absolute Gasteiger partial charge is 0.452 e. The van der Waals surface area contributed by atoms with Gasteiger partial charge in [0.05, 0.1) is 33.0 Å². The van der Waals surface area contributed by atoms with E-state index in [2.05, 4.69) is 41.6 Å². The molecule has 0 aliphatic carbocycles. The van der Waals surface area contributed by atoms with Gasteiger partial charge in [-0.25, -0.2) is 9.80 Å². The van der Waals surface area contributed by atoms with E-state index < -0.39 is 21.3 Å². The zero-order valence-corrected chi connectivity index (χ0v) is 19.8. The molecular formula is C15H16Br2N5O4S2+. The molecule has 2 aliphatic heterocycles. The van der Waals surface area contributed by atoms with E-state index in [0.717, 1.165) is 4.90 Å². The molecule has 28 heavy (non-hydrogen) atoms. The molecule has 0 saturated carbocycles. The minimum atomic E-state index is -4.23. The van der Waals surface area contributed by atoms with E-state index in [1.54, 1.807) is 43.4 Å². The van der Waals surface area contributed by atoms with Gasteiger partial charge in [0.25, 0.3) is 21.0 Å². The normalized spacial score (nSPS) is 21.8. The van der Waals surface area contributed by atoms with Gasteiger partial charge in [0, 0.05) is 8.95 Å². The lowest BCUT2D eigenvalue weighted by atomic mass is 10.3. The number of hydrogen-bond donors (Lipinski definition) is 1. The molecule has 3 rings (SSSR count). The van der Waals surface area contributed by atoms with E-state index in [1.807, 2.05) is 0 Å². The number of halogens is 2. The fourth-order valence-corrected chi connectivity index (χ4v) is 5.70. The van der Waals surface area contributed by atoms with Crippen LogP contribution in [-0.4, -0.2) is 67.0 Å². The second-order valence-corrected chi connectivity index (χ2v) is 9.84. The quantitative estimate of drug-likeness (QED) is 0.447. The number of fused-ring (bicyclic) bond motifs is 1. The van der Waals surface area contributed by atoms with Gasteiger partial charge in [-0.15, -0.1) is 0 Å². The van der Waals surface area contributed by atoms with E-state index >= 15 is 0 Å². The summed E-state index contributed by atoms with van der Waals surface area (Å²) in [6.45, 7) is -0.0496. The SMILES string of the molecule is COC(=O)N1C[N+]2(C)C(=CC(=S)N2C)N=C1S(=O)(=O)Nc1c(Br)cccc1Br. The highest BCUT2D eigenvalue weighted by atomic mass is 79.9. The summed E-state index contributed by atoms with van der Waals surface area (Å²) in [6.07, 6.45) is 0.758. The third-order valence-electron chi connectivity index (χ3n) is 4.42. The molecule has 13 heteroatoms. The van der Waals surface area contributed by atoms with Crippen LogP contribution in [0, 0.1) is 0 Å². The molecular weight excluding hydrogens is 538 g/mol. The van der Waals surface area contributed by atoms with Crippen molar-refractivity contribution in [1.82, 2.24) is 9.91 Å². The Morgan fingerprint density at radius 3 is 2.54 bits per heavy atom. The Morgan fingerprint density at radius 2 is 1.96 bits per heavy atom. The number of sulfonamides is 1. The van der Waals surface area contributed by atoms with Crippen molar-refractivity contribution in [3.63, 3.8) is 0 Å². The number of nitrogens with one attached hydrogen (secondary N) is 1. The highest BCUT2D eigenvalue weighted by molar-refractivity contribution is 9.11. The fourth-order valence-electron chi connectivity index (χ4n) is 2.74. The van der Waals surface area contributed by atoms with E-state index in [-0.39, 0.29) is 16.9 Å². The molecule has 1 unspecified atom stereocenters. The summed E-state index contributed by atoms with van der Waals surface area (Å²) in [5.41, 5.74) is 0.283. The van der Waals surface area contributed by atoms with Gasteiger partial charge in [-0.2, -0.15) is 22.9 Å². The number of amides is 1. The van der Waals surface area contributed by atoms with Crippen molar-refractivity contribution in [2.45, 2.75) is 0 Å². The molecule has 1 N–H and O–H groups in total. The number of para-hydroxylation sites is 1. The lowest BCUT2D eigenvalue weighted by Gasteiger charge is -2.41. The fraction of sp³-hybridized carbons (Fsp3) is 0.267. The van der Waals surface area contributed by atoms with Crippen LogP contribution in [0.25, 0.3) is 0 Å². The van der Waals surface area contributed by atoms with E-state index in [0.29, 0.717) is 19.8 Å². The Morgan fingerprint density at radius 1 is 1.36 bits per heavy atom. The van der Waals surface area contributed by atoms with Crippen LogP contribution in [0.2, 0.25) is 0 Å². The predicted octanol–water partition coefficient (Wildman–Crippen LogP) is 2.82. The number of quaternary nitrogens is 1. The molecule has 0 radical (unpaired) electrons. The summed E-state index contributed by atoms with van der Waals surface area (Å²) in [5.74, 6) is 0.402. The first-order valence-electron chi connectivity index (χ1n) is 7.78. The molecule has 1 atom stereocenters. The number of carbonyl (C=O) groups is 1. The molecule has 0 saturated heterocycles. The number of aliphatic imine (C=N–C) groups is 1. The number of anilines is 1. The van der Waals surface area contributed by atoms with Crippen LogP contribution >= 0.6 is 44.1 Å². The maximum absolute atomic E-state index is 13.1. The Kier molecular flexibility index (Phi) is 5.57. The van der Waals surface area contributed by atoms with Gasteiger partial charge >= 0.3 is 6.09 Å². The Balaban J connectivity index is 2.11. The number of hydrogen-bond acceptors (Lipinski definition) is 6. The summed E-state index contributed by atoms with van der Waals surface area (Å²) < 4.78 is 34.6. The van der Waals surface area contributed by atoms with Crippen LogP contribution < -0.4 is 4.72 Å². The number of ether oxygens (including phenoxy) is 1. The molecule has 2 heterocycles. The highest BCUT2D eigenvalue weighted by Crippen LogP contribution is 2.35. The minimum absolute atomic E-state index is 0.0195. The van der Waals surface area contributed by atoms with E-state index in [1.165, 1.54) is 7.11 Å². The van der Waals surface area contributed by atoms with Gasteiger partial charge in [-0.1, -0.05) is 18.3 Å². The number of rotatable bonds is 2.